The Hall–Kier alpha value is -0.640. The predicted octanol–water partition coefficient (Wildman–Crippen LogP) is -0.0629. The van der Waals surface area contributed by atoms with Gasteiger partial charge in [-0.25, -0.2) is 0 Å². The maximum Gasteiger partial charge on any atom is 0.361 e. The van der Waals surface area contributed by atoms with E-state index < -0.39 is 0 Å². The summed E-state index contributed by atoms with van der Waals surface area (Å²) in [5, 5.41) is 2.51. The molecular weight excluding hydrogens is 100 g/mol. The molecule has 0 aromatic carbocycles. The zero-order chi connectivity index (χ0) is 4.41. The van der Waals surface area contributed by atoms with Crippen molar-refractivity contribution in [2.45, 2.75) is 0 Å². The highest BCUT2D eigenvalue weighted by atomic mass is 32.1. The fourth-order valence-corrected chi connectivity index (χ4v) is 0.275. The van der Waals surface area contributed by atoms with Gasteiger partial charge in [0, 0.05) is 0 Å². The standard InChI is InChI=1S/C2H2N2OS/c6-4-3-1-2-5-4/h1H,(H,3,6)/q+1. The van der Waals surface area contributed by atoms with E-state index in [4.69, 9.17) is 0 Å². The van der Waals surface area contributed by atoms with E-state index in [1.807, 2.05) is 0 Å². The monoisotopic (exact) mass is 102 g/mol. The maximum atomic E-state index is 4.41. The molecule has 0 atom stereocenters. The van der Waals surface area contributed by atoms with Crippen LogP contribution in [0.2, 0.25) is 0 Å². The first-order valence-electron chi connectivity index (χ1n) is 1.37. The number of aromatic amines is 1. The SMILES string of the molecule is S=[n+]1[nH]c[c]o1. The van der Waals surface area contributed by atoms with Gasteiger partial charge in [-0.2, -0.15) is 4.52 Å². The molecule has 1 heterocycles. The van der Waals surface area contributed by atoms with E-state index in [0.29, 0.717) is 0 Å². The van der Waals surface area contributed by atoms with Crippen LogP contribution < -0.4 is 3.90 Å². The van der Waals surface area contributed by atoms with Crippen molar-refractivity contribution in [2.75, 3.05) is 0 Å². The molecule has 31 valence electrons. The normalized spacial score (nSPS) is 8.67. The number of nitrogens with one attached hydrogen (secondary N) is 1. The molecule has 1 aromatic heterocycles. The molecule has 0 amide bonds. The van der Waals surface area contributed by atoms with E-state index in [1.165, 1.54) is 6.20 Å². The molecular formula is C2H2N2OS+. The van der Waals surface area contributed by atoms with E-state index in [9.17, 15) is 0 Å². The van der Waals surface area contributed by atoms with E-state index in [-0.39, 0.29) is 0 Å². The lowest BCUT2D eigenvalue weighted by atomic mass is 11.0. The van der Waals surface area contributed by atoms with Gasteiger partial charge in [-0.1, -0.05) is 0 Å². The molecule has 3 nitrogen and oxygen atoms in total. The minimum atomic E-state index is 1.03. The number of nitrogens with zero attached hydrogens (tertiary/aromatic N) is 1. The number of hydrogen-bond donors (Lipinski definition) is 1. The van der Waals surface area contributed by atoms with Crippen molar-refractivity contribution in [3.8, 4) is 0 Å². The third-order valence-electron chi connectivity index (χ3n) is 0.365. The summed E-state index contributed by atoms with van der Waals surface area (Å²) in [5.74, 6) is 0. The molecule has 1 N–H and O–H groups in total. The number of hydrogen-bond acceptors (Lipinski definition) is 2. The Kier molecular flexibility index (Phi) is 0.719. The fourth-order valence-electron chi connectivity index (χ4n) is 0.180. The minimum Gasteiger partial charge on any atom is -0.187 e. The molecule has 0 saturated carbocycles. The number of H-pyrrole nitrogens is 1. The zero-order valence-electron chi connectivity index (χ0n) is 2.84. The van der Waals surface area contributed by atoms with Crippen molar-refractivity contribution >= 4 is 12.4 Å². The highest BCUT2D eigenvalue weighted by Gasteiger charge is 1.79. The van der Waals surface area contributed by atoms with Crippen molar-refractivity contribution in [3.05, 3.63) is 12.5 Å². The summed E-state index contributed by atoms with van der Waals surface area (Å²) >= 11 is 4.41. The highest BCUT2D eigenvalue weighted by molar-refractivity contribution is 7.66. The smallest absolute Gasteiger partial charge is 0.187 e. The molecule has 1 radical (unpaired) electrons. The second-order valence-corrected chi connectivity index (χ2v) is 1.07. The fraction of sp³-hybridized carbons (Fsp3) is 0. The van der Waals surface area contributed by atoms with Gasteiger partial charge in [0.2, 0.25) is 0 Å². The Morgan fingerprint density at radius 3 is 3.00 bits per heavy atom. The van der Waals surface area contributed by atoms with Gasteiger partial charge in [0.25, 0.3) is 6.26 Å². The molecule has 0 saturated heterocycles. The van der Waals surface area contributed by atoms with Gasteiger partial charge < -0.3 is 0 Å². The van der Waals surface area contributed by atoms with Gasteiger partial charge in [-0.3, -0.25) is 0 Å². The van der Waals surface area contributed by atoms with E-state index in [0.717, 1.165) is 3.90 Å². The molecule has 4 heteroatoms. The van der Waals surface area contributed by atoms with Crippen molar-refractivity contribution in [2.24, 2.45) is 0 Å². The van der Waals surface area contributed by atoms with Crippen LogP contribution in [0.5, 0.6) is 0 Å². The summed E-state index contributed by atoms with van der Waals surface area (Å²) in [4.78, 5) is 0. The quantitative estimate of drug-likeness (QED) is 0.465. The van der Waals surface area contributed by atoms with Gasteiger partial charge in [0.05, 0.1) is 0 Å². The molecule has 0 unspecified atom stereocenters. The van der Waals surface area contributed by atoms with Gasteiger partial charge in [-0.05, 0) is 0 Å². The van der Waals surface area contributed by atoms with Gasteiger partial charge >= 0.3 is 12.4 Å². The molecule has 0 aliphatic heterocycles. The van der Waals surface area contributed by atoms with Crippen molar-refractivity contribution in [1.82, 2.24) is 5.10 Å². The Bertz CT molecular complexity index is 149. The zero-order valence-corrected chi connectivity index (χ0v) is 3.66. The summed E-state index contributed by atoms with van der Waals surface area (Å²) in [7, 11) is 0. The molecule has 0 aliphatic carbocycles. The summed E-state index contributed by atoms with van der Waals surface area (Å²) in [6, 6.07) is 0. The lowest BCUT2D eigenvalue weighted by molar-refractivity contribution is -0.707. The largest absolute Gasteiger partial charge is 0.361 e. The molecule has 0 fully saturated rings. The predicted molar refractivity (Wildman–Crippen MR) is 19.5 cm³/mol. The summed E-state index contributed by atoms with van der Waals surface area (Å²) in [5.41, 5.74) is 0. The van der Waals surface area contributed by atoms with Gasteiger partial charge in [0.15, 0.2) is 3.90 Å². The van der Waals surface area contributed by atoms with Gasteiger partial charge in [-0.15, -0.1) is 5.10 Å². The van der Waals surface area contributed by atoms with Crippen molar-refractivity contribution in [1.29, 1.82) is 0 Å². The summed E-state index contributed by atoms with van der Waals surface area (Å²) in [6.45, 7) is 0. The molecule has 1 aromatic rings. The lowest BCUT2D eigenvalue weighted by Gasteiger charge is -1.42. The van der Waals surface area contributed by atoms with E-state index in [1.54, 1.807) is 0 Å². The Morgan fingerprint density at radius 1 is 2.00 bits per heavy atom. The Labute approximate surface area is 39.3 Å². The second-order valence-electron chi connectivity index (χ2n) is 0.740. The van der Waals surface area contributed by atoms with Crippen LogP contribution in [0.1, 0.15) is 0 Å². The van der Waals surface area contributed by atoms with Gasteiger partial charge in [0.1, 0.15) is 6.20 Å². The molecule has 0 aliphatic rings. The topological polar surface area (TPSA) is 34.8 Å². The van der Waals surface area contributed by atoms with Crippen LogP contribution in [0.25, 0.3) is 0 Å². The Balaban J connectivity index is 3.41. The third-order valence-corrected chi connectivity index (χ3v) is 0.544. The first-order chi connectivity index (χ1) is 2.89. The van der Waals surface area contributed by atoms with Crippen LogP contribution in [0.15, 0.2) is 10.7 Å². The number of aromatic nitrogens is 2. The maximum absolute atomic E-state index is 4.41. The van der Waals surface area contributed by atoms with Crippen LogP contribution in [0.3, 0.4) is 0 Å². The molecule has 6 heavy (non-hydrogen) atoms. The Morgan fingerprint density at radius 2 is 2.83 bits per heavy atom. The molecule has 0 bridgehead atoms. The lowest BCUT2D eigenvalue weighted by Crippen LogP contribution is -2.07. The number of rotatable bonds is 0. The van der Waals surface area contributed by atoms with Crippen LogP contribution in [-0.2, 0) is 0 Å². The van der Waals surface area contributed by atoms with Crippen molar-refractivity contribution < 1.29 is 8.42 Å². The summed E-state index contributed by atoms with van der Waals surface area (Å²) < 4.78 is 5.41. The van der Waals surface area contributed by atoms with Crippen LogP contribution in [0, 0.1) is 6.26 Å². The highest BCUT2D eigenvalue weighted by Crippen LogP contribution is 1.59. The van der Waals surface area contributed by atoms with E-state index >= 15 is 0 Å². The second kappa shape index (κ2) is 1.22. The van der Waals surface area contributed by atoms with Crippen LogP contribution in [0.4, 0.5) is 0 Å². The summed E-state index contributed by atoms with van der Waals surface area (Å²) in [6.07, 6.45) is 3.84. The van der Waals surface area contributed by atoms with Crippen LogP contribution >= 0.6 is 12.4 Å². The first-order valence-corrected chi connectivity index (χ1v) is 1.74. The van der Waals surface area contributed by atoms with E-state index in [2.05, 4.69) is 28.3 Å². The molecule has 0 spiro atoms. The molecule has 1 rings (SSSR count). The first kappa shape index (κ1) is 3.55. The van der Waals surface area contributed by atoms with Crippen molar-refractivity contribution in [3.63, 3.8) is 0 Å². The average molecular weight is 102 g/mol. The average Bonchev–Trinajstić information content (AvgIpc) is 1.86. The minimum absolute atomic E-state index is 1.03. The van der Waals surface area contributed by atoms with Crippen LogP contribution in [-0.4, -0.2) is 5.10 Å². The third kappa shape index (κ3) is 0.463.